The van der Waals surface area contributed by atoms with E-state index in [1.54, 1.807) is 0 Å². The molecule has 1 N–H and O–H groups in total. The first-order valence-corrected chi connectivity index (χ1v) is 11.2. The van der Waals surface area contributed by atoms with Crippen LogP contribution >= 0.6 is 11.8 Å². The van der Waals surface area contributed by atoms with Gasteiger partial charge in [0.05, 0.1) is 5.25 Å². The van der Waals surface area contributed by atoms with Gasteiger partial charge in [-0.15, -0.1) is 10.2 Å². The van der Waals surface area contributed by atoms with E-state index >= 15 is 0 Å². The Bertz CT molecular complexity index is 973. The maximum atomic E-state index is 12.6. The standard InChI is InChI=1S/C23H26N4O2S/c1-17(30-23-26-25-21-10-6-3-7-15-27(21)23)22(28)24-19-11-13-20(14-12-19)29-16-18-8-4-2-5-9-18/h2,4-5,8-9,11-14,17H,3,6-7,10,15-16H2,1H3,(H,24,28)/t17-/m1/s1. The molecule has 1 aliphatic heterocycles. The first kappa shape index (κ1) is 20.5. The van der Waals surface area contributed by atoms with Gasteiger partial charge in [-0.3, -0.25) is 4.79 Å². The van der Waals surface area contributed by atoms with Crippen molar-refractivity contribution in [1.29, 1.82) is 0 Å². The van der Waals surface area contributed by atoms with Crippen molar-refractivity contribution in [3.05, 3.63) is 66.0 Å². The molecule has 0 saturated heterocycles. The van der Waals surface area contributed by atoms with Crippen molar-refractivity contribution in [3.8, 4) is 5.75 Å². The van der Waals surface area contributed by atoms with Crippen LogP contribution in [0, 0.1) is 0 Å². The van der Waals surface area contributed by atoms with E-state index in [1.807, 2.05) is 61.5 Å². The van der Waals surface area contributed by atoms with Gasteiger partial charge in [-0.05, 0) is 49.6 Å². The molecule has 156 valence electrons. The van der Waals surface area contributed by atoms with Crippen LogP contribution in [0.2, 0.25) is 0 Å². The zero-order valence-electron chi connectivity index (χ0n) is 17.1. The normalized spacial score (nSPS) is 14.4. The molecule has 30 heavy (non-hydrogen) atoms. The molecule has 4 rings (SSSR count). The monoisotopic (exact) mass is 422 g/mol. The number of nitrogens with zero attached hydrogens (tertiary/aromatic N) is 3. The quantitative estimate of drug-likeness (QED) is 0.559. The van der Waals surface area contributed by atoms with Crippen molar-refractivity contribution in [2.75, 3.05) is 5.32 Å². The highest BCUT2D eigenvalue weighted by Gasteiger charge is 2.21. The minimum Gasteiger partial charge on any atom is -0.489 e. The Morgan fingerprint density at radius 2 is 1.90 bits per heavy atom. The molecule has 0 unspecified atom stereocenters. The lowest BCUT2D eigenvalue weighted by Gasteiger charge is -2.13. The largest absolute Gasteiger partial charge is 0.489 e. The van der Waals surface area contributed by atoms with E-state index in [1.165, 1.54) is 18.2 Å². The van der Waals surface area contributed by atoms with Crippen LogP contribution in [0.4, 0.5) is 5.69 Å². The number of carbonyl (C=O) groups excluding carboxylic acids is 1. The van der Waals surface area contributed by atoms with Crippen LogP contribution in [0.1, 0.15) is 37.6 Å². The van der Waals surface area contributed by atoms with Crippen LogP contribution in [-0.2, 0) is 24.4 Å². The van der Waals surface area contributed by atoms with Crippen molar-refractivity contribution < 1.29 is 9.53 Å². The molecule has 0 saturated carbocycles. The molecule has 0 radical (unpaired) electrons. The number of fused-ring (bicyclic) bond motifs is 1. The fourth-order valence-electron chi connectivity index (χ4n) is 3.38. The second-order valence-electron chi connectivity index (χ2n) is 7.41. The average Bonchev–Trinajstić information content (AvgIpc) is 2.99. The first-order chi connectivity index (χ1) is 14.7. The van der Waals surface area contributed by atoms with E-state index in [-0.39, 0.29) is 11.2 Å². The Balaban J connectivity index is 1.30. The lowest BCUT2D eigenvalue weighted by atomic mass is 10.2. The maximum Gasteiger partial charge on any atom is 0.237 e. The van der Waals surface area contributed by atoms with Gasteiger partial charge in [0, 0.05) is 18.7 Å². The van der Waals surface area contributed by atoms with E-state index in [4.69, 9.17) is 4.74 Å². The number of aromatic nitrogens is 3. The predicted octanol–water partition coefficient (Wildman–Crippen LogP) is 4.70. The molecule has 6 nitrogen and oxygen atoms in total. The molecule has 1 aromatic heterocycles. The van der Waals surface area contributed by atoms with Crippen LogP contribution < -0.4 is 10.1 Å². The fourth-order valence-corrected chi connectivity index (χ4v) is 4.27. The second kappa shape index (κ2) is 9.80. The van der Waals surface area contributed by atoms with Crippen LogP contribution in [-0.4, -0.2) is 25.9 Å². The summed E-state index contributed by atoms with van der Waals surface area (Å²) in [4.78, 5) is 12.6. The Morgan fingerprint density at radius 1 is 1.10 bits per heavy atom. The van der Waals surface area contributed by atoms with Crippen molar-refractivity contribution in [1.82, 2.24) is 14.8 Å². The molecule has 2 aromatic carbocycles. The van der Waals surface area contributed by atoms with E-state index in [0.717, 1.165) is 53.8 Å². The van der Waals surface area contributed by atoms with Crippen LogP contribution in [0.15, 0.2) is 59.8 Å². The van der Waals surface area contributed by atoms with Gasteiger partial charge in [0.2, 0.25) is 5.91 Å². The summed E-state index contributed by atoms with van der Waals surface area (Å²) in [6, 6.07) is 17.5. The molecular formula is C23H26N4O2S. The third-order valence-electron chi connectivity index (χ3n) is 5.10. The maximum absolute atomic E-state index is 12.6. The first-order valence-electron chi connectivity index (χ1n) is 10.4. The molecule has 3 aromatic rings. The number of carbonyl (C=O) groups is 1. The van der Waals surface area contributed by atoms with Crippen molar-refractivity contribution in [2.24, 2.45) is 0 Å². The number of aryl methyl sites for hydroxylation is 1. The van der Waals surface area contributed by atoms with E-state index < -0.39 is 0 Å². The number of anilines is 1. The molecule has 7 heteroatoms. The highest BCUT2D eigenvalue weighted by molar-refractivity contribution is 8.00. The van der Waals surface area contributed by atoms with Gasteiger partial charge in [-0.25, -0.2) is 0 Å². The third-order valence-corrected chi connectivity index (χ3v) is 6.18. The second-order valence-corrected chi connectivity index (χ2v) is 8.72. The predicted molar refractivity (Wildman–Crippen MR) is 119 cm³/mol. The number of ether oxygens (including phenoxy) is 1. The molecule has 2 heterocycles. The molecule has 1 atom stereocenters. The lowest BCUT2D eigenvalue weighted by molar-refractivity contribution is -0.115. The molecule has 1 amide bonds. The zero-order valence-corrected chi connectivity index (χ0v) is 17.9. The number of hydrogen-bond acceptors (Lipinski definition) is 5. The summed E-state index contributed by atoms with van der Waals surface area (Å²) >= 11 is 1.46. The molecule has 0 spiro atoms. The van der Waals surface area contributed by atoms with Gasteiger partial charge in [0.25, 0.3) is 0 Å². The summed E-state index contributed by atoms with van der Waals surface area (Å²) in [6.07, 6.45) is 4.48. The van der Waals surface area contributed by atoms with Gasteiger partial charge >= 0.3 is 0 Å². The highest BCUT2D eigenvalue weighted by Crippen LogP contribution is 2.26. The minimum atomic E-state index is -0.268. The van der Waals surface area contributed by atoms with Gasteiger partial charge in [-0.1, -0.05) is 48.5 Å². The summed E-state index contributed by atoms with van der Waals surface area (Å²) in [5.41, 5.74) is 1.87. The van der Waals surface area contributed by atoms with E-state index in [2.05, 4.69) is 20.1 Å². The molecular weight excluding hydrogens is 396 g/mol. The number of nitrogens with one attached hydrogen (secondary N) is 1. The number of benzene rings is 2. The van der Waals surface area contributed by atoms with Crippen LogP contribution in [0.25, 0.3) is 0 Å². The SMILES string of the molecule is C[C@@H](Sc1nnc2n1CCCCC2)C(=O)Nc1ccc(OCc2ccccc2)cc1. The highest BCUT2D eigenvalue weighted by atomic mass is 32.2. The Hall–Kier alpha value is -2.80. The average molecular weight is 423 g/mol. The molecule has 0 aliphatic carbocycles. The summed E-state index contributed by atoms with van der Waals surface area (Å²) in [7, 11) is 0. The summed E-state index contributed by atoms with van der Waals surface area (Å²) < 4.78 is 7.96. The van der Waals surface area contributed by atoms with Crippen molar-refractivity contribution in [3.63, 3.8) is 0 Å². The van der Waals surface area contributed by atoms with E-state index in [0.29, 0.717) is 6.61 Å². The van der Waals surface area contributed by atoms with Crippen molar-refractivity contribution >= 4 is 23.4 Å². The van der Waals surface area contributed by atoms with Crippen molar-refractivity contribution in [2.45, 2.75) is 56.2 Å². The smallest absolute Gasteiger partial charge is 0.237 e. The van der Waals surface area contributed by atoms with E-state index in [9.17, 15) is 4.79 Å². The topological polar surface area (TPSA) is 69.0 Å². The van der Waals surface area contributed by atoms with Gasteiger partial charge in [-0.2, -0.15) is 0 Å². The molecule has 0 fully saturated rings. The number of amides is 1. The Kier molecular flexibility index (Phi) is 6.69. The number of hydrogen-bond donors (Lipinski definition) is 1. The summed E-state index contributed by atoms with van der Waals surface area (Å²) in [5, 5.41) is 12.2. The van der Waals surface area contributed by atoms with Gasteiger partial charge in [0.1, 0.15) is 18.2 Å². The molecule has 1 aliphatic rings. The Labute approximate surface area is 181 Å². The third kappa shape index (κ3) is 5.21. The van der Waals surface area contributed by atoms with Gasteiger partial charge < -0.3 is 14.6 Å². The summed E-state index contributed by atoms with van der Waals surface area (Å²) in [6.45, 7) is 3.35. The Morgan fingerprint density at radius 3 is 2.70 bits per heavy atom. The lowest BCUT2D eigenvalue weighted by Crippen LogP contribution is -2.23. The van der Waals surface area contributed by atoms with Gasteiger partial charge in [0.15, 0.2) is 5.16 Å². The minimum absolute atomic E-state index is 0.0519. The molecule has 0 bridgehead atoms. The van der Waals surface area contributed by atoms with Crippen LogP contribution in [0.3, 0.4) is 0 Å². The fraction of sp³-hybridized carbons (Fsp3) is 0.348. The summed E-state index contributed by atoms with van der Waals surface area (Å²) in [5.74, 6) is 1.75. The number of rotatable bonds is 7. The zero-order chi connectivity index (χ0) is 20.8. The number of thioether (sulfide) groups is 1. The van der Waals surface area contributed by atoms with Crippen LogP contribution in [0.5, 0.6) is 5.75 Å².